The lowest BCUT2D eigenvalue weighted by atomic mass is 10.1. The number of amides is 3. The van der Waals surface area contributed by atoms with Crippen molar-refractivity contribution in [2.45, 2.75) is 13.2 Å². The van der Waals surface area contributed by atoms with E-state index in [0.717, 1.165) is 14.0 Å². The predicted octanol–water partition coefficient (Wildman–Crippen LogP) is 5.24. The normalized spacial score (nSPS) is 14.7. The molecule has 8 heteroatoms. The van der Waals surface area contributed by atoms with Crippen molar-refractivity contribution < 1.29 is 23.1 Å². The topological polar surface area (TPSA) is 58.6 Å². The van der Waals surface area contributed by atoms with Gasteiger partial charge in [-0.1, -0.05) is 36.4 Å². The van der Waals surface area contributed by atoms with Crippen molar-refractivity contribution in [1.82, 2.24) is 10.2 Å². The number of nitrogens with one attached hydrogen (secondary N) is 1. The number of nitrogens with zero attached hydrogens (tertiary/aromatic N) is 1. The lowest BCUT2D eigenvalue weighted by Gasteiger charge is -2.12. The summed E-state index contributed by atoms with van der Waals surface area (Å²) in [6.07, 6.45) is 1.56. The minimum absolute atomic E-state index is 0.113. The molecule has 5 nitrogen and oxygen atoms in total. The third kappa shape index (κ3) is 4.96. The van der Waals surface area contributed by atoms with Gasteiger partial charge in [-0.2, -0.15) is 0 Å². The van der Waals surface area contributed by atoms with Crippen LogP contribution in [-0.2, 0) is 17.9 Å². The van der Waals surface area contributed by atoms with E-state index in [0.29, 0.717) is 11.3 Å². The largest absolute Gasteiger partial charge is 0.488 e. The summed E-state index contributed by atoms with van der Waals surface area (Å²) in [4.78, 5) is 25.9. The highest BCUT2D eigenvalue weighted by atomic mass is 127. The molecular weight excluding hydrogens is 529 g/mol. The van der Waals surface area contributed by atoms with Gasteiger partial charge in [0.05, 0.1) is 10.1 Å². The maximum atomic E-state index is 13.9. The van der Waals surface area contributed by atoms with Gasteiger partial charge in [0.2, 0.25) is 0 Å². The van der Waals surface area contributed by atoms with Crippen molar-refractivity contribution in [2.24, 2.45) is 0 Å². The van der Waals surface area contributed by atoms with Crippen LogP contribution in [0.25, 0.3) is 6.08 Å². The first-order chi connectivity index (χ1) is 15.4. The Morgan fingerprint density at radius 2 is 1.75 bits per heavy atom. The highest BCUT2D eigenvalue weighted by Gasteiger charge is 2.34. The molecule has 1 aliphatic rings. The predicted molar refractivity (Wildman–Crippen MR) is 123 cm³/mol. The summed E-state index contributed by atoms with van der Waals surface area (Å²) < 4.78 is 33.5. The average Bonchev–Trinajstić information content (AvgIpc) is 3.03. The number of ether oxygens (including phenoxy) is 1. The van der Waals surface area contributed by atoms with Crippen LogP contribution < -0.4 is 10.1 Å². The second-order valence-corrected chi connectivity index (χ2v) is 8.24. The molecule has 1 heterocycles. The second-order valence-electron chi connectivity index (χ2n) is 7.08. The molecule has 0 saturated carbocycles. The highest BCUT2D eigenvalue weighted by molar-refractivity contribution is 14.1. The van der Waals surface area contributed by atoms with Gasteiger partial charge >= 0.3 is 6.03 Å². The standard InChI is InChI=1S/C24H17F2IN2O3/c25-18-8-5-15(6-9-18)14-32-22-10-7-16(11-20(22)27)12-21-23(30)29(24(31)28-21)13-17-3-1-2-4-19(17)26/h1-12H,13-14H2,(H,28,31)/b21-12+. The molecule has 1 saturated heterocycles. The summed E-state index contributed by atoms with van der Waals surface area (Å²) >= 11 is 2.11. The van der Waals surface area contributed by atoms with Crippen molar-refractivity contribution in [2.75, 3.05) is 0 Å². The molecule has 3 aromatic carbocycles. The summed E-state index contributed by atoms with van der Waals surface area (Å²) in [5.74, 6) is -0.664. The van der Waals surface area contributed by atoms with E-state index < -0.39 is 17.8 Å². The van der Waals surface area contributed by atoms with Crippen molar-refractivity contribution >= 4 is 40.6 Å². The zero-order valence-electron chi connectivity index (χ0n) is 16.6. The van der Waals surface area contributed by atoms with Crippen LogP contribution in [0.5, 0.6) is 5.75 Å². The lowest BCUT2D eigenvalue weighted by Crippen LogP contribution is -2.30. The number of rotatable bonds is 6. The van der Waals surface area contributed by atoms with Gasteiger partial charge in [0.25, 0.3) is 5.91 Å². The van der Waals surface area contributed by atoms with Crippen LogP contribution in [0.1, 0.15) is 16.7 Å². The lowest BCUT2D eigenvalue weighted by molar-refractivity contribution is -0.123. The first-order valence-electron chi connectivity index (χ1n) is 9.65. The molecule has 1 fully saturated rings. The number of halogens is 3. The van der Waals surface area contributed by atoms with Crippen LogP contribution in [0.15, 0.2) is 72.4 Å². The fraction of sp³-hybridized carbons (Fsp3) is 0.0833. The average molecular weight is 546 g/mol. The Kier molecular flexibility index (Phi) is 6.50. The van der Waals surface area contributed by atoms with E-state index in [1.165, 1.54) is 24.3 Å². The van der Waals surface area contributed by atoms with E-state index in [2.05, 4.69) is 27.9 Å². The zero-order chi connectivity index (χ0) is 22.7. The molecule has 162 valence electrons. The molecule has 3 amide bonds. The monoisotopic (exact) mass is 546 g/mol. The third-order valence-corrected chi connectivity index (χ3v) is 5.67. The number of imide groups is 1. The zero-order valence-corrected chi connectivity index (χ0v) is 18.8. The molecule has 0 atom stereocenters. The van der Waals surface area contributed by atoms with Crippen LogP contribution >= 0.6 is 22.6 Å². The first kappa shape index (κ1) is 21.9. The number of benzene rings is 3. The second kappa shape index (κ2) is 9.47. The maximum absolute atomic E-state index is 13.9. The van der Waals surface area contributed by atoms with Gasteiger partial charge in [0.15, 0.2) is 0 Å². The fourth-order valence-electron chi connectivity index (χ4n) is 3.14. The molecule has 1 aliphatic heterocycles. The Bertz CT molecular complexity index is 1210. The van der Waals surface area contributed by atoms with Gasteiger partial charge < -0.3 is 10.1 Å². The van der Waals surface area contributed by atoms with Crippen LogP contribution in [0.2, 0.25) is 0 Å². The van der Waals surface area contributed by atoms with Crippen LogP contribution in [0, 0.1) is 15.2 Å². The Labute approximate surface area is 196 Å². The molecular formula is C24H17F2IN2O3. The minimum Gasteiger partial charge on any atom is -0.488 e. The van der Waals surface area contributed by atoms with Crippen LogP contribution in [-0.4, -0.2) is 16.8 Å². The summed E-state index contributed by atoms with van der Waals surface area (Å²) in [7, 11) is 0. The van der Waals surface area contributed by atoms with Crippen LogP contribution in [0.3, 0.4) is 0 Å². The molecule has 0 radical (unpaired) electrons. The van der Waals surface area contributed by atoms with Gasteiger partial charge in [0, 0.05) is 5.56 Å². The molecule has 0 spiro atoms. The number of urea groups is 1. The fourth-order valence-corrected chi connectivity index (χ4v) is 3.84. The summed E-state index contributed by atoms with van der Waals surface area (Å²) in [6.45, 7) is 0.138. The van der Waals surface area contributed by atoms with Gasteiger partial charge in [-0.3, -0.25) is 9.69 Å². The van der Waals surface area contributed by atoms with E-state index >= 15 is 0 Å². The van der Waals surface area contributed by atoms with Gasteiger partial charge in [-0.05, 0) is 70.1 Å². The Hall–Kier alpha value is -3.27. The molecule has 1 N–H and O–H groups in total. The van der Waals surface area contributed by atoms with E-state index in [1.807, 2.05) is 6.07 Å². The number of carbonyl (C=O) groups is 2. The SMILES string of the molecule is O=C1N/C(=C/c2ccc(OCc3ccc(F)cc3)c(I)c2)C(=O)N1Cc1ccccc1F. The van der Waals surface area contributed by atoms with E-state index in [1.54, 1.807) is 42.5 Å². The number of hydrogen-bond acceptors (Lipinski definition) is 3. The summed E-state index contributed by atoms with van der Waals surface area (Å²) in [6, 6.07) is 16.8. The van der Waals surface area contributed by atoms with Crippen molar-refractivity contribution in [3.8, 4) is 5.75 Å². The minimum atomic E-state index is -0.599. The van der Waals surface area contributed by atoms with Gasteiger partial charge in [-0.25, -0.2) is 13.6 Å². The third-order valence-electron chi connectivity index (χ3n) is 4.82. The highest BCUT2D eigenvalue weighted by Crippen LogP contribution is 2.25. The Morgan fingerprint density at radius 1 is 1.00 bits per heavy atom. The summed E-state index contributed by atoms with van der Waals surface area (Å²) in [5.41, 5.74) is 1.90. The Morgan fingerprint density at radius 3 is 2.47 bits per heavy atom. The maximum Gasteiger partial charge on any atom is 0.329 e. The number of carbonyl (C=O) groups excluding carboxylic acids is 2. The molecule has 0 bridgehead atoms. The van der Waals surface area contributed by atoms with Crippen molar-refractivity contribution in [3.63, 3.8) is 0 Å². The molecule has 0 aromatic heterocycles. The van der Waals surface area contributed by atoms with E-state index in [9.17, 15) is 18.4 Å². The summed E-state index contributed by atoms with van der Waals surface area (Å²) in [5, 5.41) is 2.54. The Balaban J connectivity index is 1.45. The first-order valence-corrected chi connectivity index (χ1v) is 10.7. The van der Waals surface area contributed by atoms with Crippen LogP contribution in [0.4, 0.5) is 13.6 Å². The van der Waals surface area contributed by atoms with Crippen molar-refractivity contribution in [3.05, 3.63) is 104 Å². The molecule has 3 aromatic rings. The van der Waals surface area contributed by atoms with E-state index in [-0.39, 0.29) is 30.2 Å². The smallest absolute Gasteiger partial charge is 0.329 e. The molecule has 0 unspecified atom stereocenters. The quantitative estimate of drug-likeness (QED) is 0.262. The van der Waals surface area contributed by atoms with Gasteiger partial charge in [0.1, 0.15) is 29.7 Å². The van der Waals surface area contributed by atoms with Gasteiger partial charge in [-0.15, -0.1) is 0 Å². The van der Waals surface area contributed by atoms with E-state index in [4.69, 9.17) is 4.74 Å². The van der Waals surface area contributed by atoms with Crippen molar-refractivity contribution in [1.29, 1.82) is 0 Å². The molecule has 32 heavy (non-hydrogen) atoms. The number of hydrogen-bond donors (Lipinski definition) is 1. The molecule has 4 rings (SSSR count). The molecule has 0 aliphatic carbocycles.